The minimum atomic E-state index is 0.0241. The normalized spacial score (nSPS) is 13.7. The van der Waals surface area contributed by atoms with Gasteiger partial charge in [-0.15, -0.1) is 0 Å². The van der Waals surface area contributed by atoms with E-state index in [0.29, 0.717) is 25.5 Å². The number of nitrogens with two attached hydrogens (primary N) is 1. The molecule has 0 saturated carbocycles. The molecule has 0 spiro atoms. The van der Waals surface area contributed by atoms with Crippen LogP contribution in [-0.2, 0) is 19.6 Å². The number of aromatic nitrogens is 4. The SMILES string of the molecule is CC(C)Oc1cc(N2Cc3cnn(CCO)c3C2)nc(N)n1. The van der Waals surface area contributed by atoms with Crippen LogP contribution in [0.5, 0.6) is 5.88 Å². The molecule has 3 N–H and O–H groups in total. The number of aliphatic hydroxyl groups is 1. The van der Waals surface area contributed by atoms with Crippen LogP contribution in [0.15, 0.2) is 12.3 Å². The highest BCUT2D eigenvalue weighted by Gasteiger charge is 2.25. The van der Waals surface area contributed by atoms with Crippen molar-refractivity contribution in [2.45, 2.75) is 39.6 Å². The number of nitrogen functional groups attached to an aromatic ring is 1. The molecule has 3 heterocycles. The molecule has 0 aromatic carbocycles. The van der Waals surface area contributed by atoms with Crippen molar-refractivity contribution in [1.82, 2.24) is 19.7 Å². The summed E-state index contributed by atoms with van der Waals surface area (Å²) in [6, 6.07) is 1.80. The Kier molecular flexibility index (Phi) is 3.84. The number of hydrogen-bond acceptors (Lipinski definition) is 7. The lowest BCUT2D eigenvalue weighted by Crippen LogP contribution is -2.20. The van der Waals surface area contributed by atoms with Crippen LogP contribution in [0, 0.1) is 0 Å². The van der Waals surface area contributed by atoms with Crippen LogP contribution in [-0.4, -0.2) is 37.6 Å². The van der Waals surface area contributed by atoms with Crippen LogP contribution in [0.3, 0.4) is 0 Å². The van der Waals surface area contributed by atoms with Gasteiger partial charge in [-0.25, -0.2) is 0 Å². The maximum Gasteiger partial charge on any atom is 0.225 e. The lowest BCUT2D eigenvalue weighted by molar-refractivity contribution is 0.232. The van der Waals surface area contributed by atoms with Crippen LogP contribution in [0.4, 0.5) is 11.8 Å². The van der Waals surface area contributed by atoms with Crippen molar-refractivity contribution in [1.29, 1.82) is 0 Å². The van der Waals surface area contributed by atoms with Gasteiger partial charge in [0.1, 0.15) is 5.82 Å². The van der Waals surface area contributed by atoms with E-state index >= 15 is 0 Å². The van der Waals surface area contributed by atoms with Gasteiger partial charge in [0.25, 0.3) is 0 Å². The Morgan fingerprint density at radius 1 is 1.36 bits per heavy atom. The molecule has 3 rings (SSSR count). The number of rotatable bonds is 5. The van der Waals surface area contributed by atoms with E-state index in [1.54, 1.807) is 6.07 Å². The molecule has 22 heavy (non-hydrogen) atoms. The van der Waals surface area contributed by atoms with Gasteiger partial charge in [0, 0.05) is 18.2 Å². The molecule has 0 radical (unpaired) electrons. The lowest BCUT2D eigenvalue weighted by atomic mass is 10.3. The predicted molar refractivity (Wildman–Crippen MR) is 81.4 cm³/mol. The first-order valence-corrected chi connectivity index (χ1v) is 7.27. The Bertz CT molecular complexity index is 669. The summed E-state index contributed by atoms with van der Waals surface area (Å²) < 4.78 is 7.43. The van der Waals surface area contributed by atoms with Crippen LogP contribution >= 0.6 is 0 Å². The van der Waals surface area contributed by atoms with Gasteiger partial charge in [-0.05, 0) is 13.8 Å². The van der Waals surface area contributed by atoms with E-state index in [1.807, 2.05) is 24.7 Å². The predicted octanol–water partition coefficient (Wildman–Crippen LogP) is 0.555. The molecule has 0 fully saturated rings. The highest BCUT2D eigenvalue weighted by Crippen LogP contribution is 2.29. The van der Waals surface area contributed by atoms with Gasteiger partial charge in [-0.2, -0.15) is 15.1 Å². The second-order valence-electron chi connectivity index (χ2n) is 5.51. The summed E-state index contributed by atoms with van der Waals surface area (Å²) in [6.07, 6.45) is 1.86. The molecule has 1 aliphatic heterocycles. The number of aliphatic hydroxyl groups excluding tert-OH is 1. The third-order valence-corrected chi connectivity index (χ3v) is 3.44. The molecule has 0 atom stereocenters. The van der Waals surface area contributed by atoms with Crippen LogP contribution in [0.1, 0.15) is 25.1 Å². The van der Waals surface area contributed by atoms with Crippen molar-refractivity contribution in [3.8, 4) is 5.88 Å². The fraction of sp³-hybridized carbons (Fsp3) is 0.500. The average molecular weight is 304 g/mol. The Morgan fingerprint density at radius 2 is 2.18 bits per heavy atom. The second-order valence-corrected chi connectivity index (χ2v) is 5.51. The summed E-state index contributed by atoms with van der Waals surface area (Å²) >= 11 is 0. The van der Waals surface area contributed by atoms with E-state index in [4.69, 9.17) is 15.6 Å². The van der Waals surface area contributed by atoms with Gasteiger partial charge in [0.15, 0.2) is 0 Å². The Morgan fingerprint density at radius 3 is 2.91 bits per heavy atom. The van der Waals surface area contributed by atoms with Crippen molar-refractivity contribution < 1.29 is 9.84 Å². The highest BCUT2D eigenvalue weighted by molar-refractivity contribution is 5.49. The van der Waals surface area contributed by atoms with Crippen molar-refractivity contribution in [3.63, 3.8) is 0 Å². The van der Waals surface area contributed by atoms with E-state index in [1.165, 1.54) is 0 Å². The van der Waals surface area contributed by atoms with E-state index in [9.17, 15) is 0 Å². The van der Waals surface area contributed by atoms with E-state index in [2.05, 4.69) is 20.0 Å². The first kappa shape index (κ1) is 14.6. The summed E-state index contributed by atoms with van der Waals surface area (Å²) in [7, 11) is 0. The largest absolute Gasteiger partial charge is 0.475 e. The third-order valence-electron chi connectivity index (χ3n) is 3.44. The molecule has 0 unspecified atom stereocenters. The molecule has 0 amide bonds. The number of nitrogens with zero attached hydrogens (tertiary/aromatic N) is 5. The van der Waals surface area contributed by atoms with Crippen LogP contribution < -0.4 is 15.4 Å². The van der Waals surface area contributed by atoms with Crippen molar-refractivity contribution in [2.75, 3.05) is 17.2 Å². The molecule has 2 aromatic heterocycles. The molecule has 0 aliphatic carbocycles. The number of hydrogen-bond donors (Lipinski definition) is 2. The summed E-state index contributed by atoms with van der Waals surface area (Å²) in [5, 5.41) is 13.4. The van der Waals surface area contributed by atoms with Crippen molar-refractivity contribution in [2.24, 2.45) is 0 Å². The van der Waals surface area contributed by atoms with Gasteiger partial charge >= 0.3 is 0 Å². The summed E-state index contributed by atoms with van der Waals surface area (Å²) in [5.74, 6) is 1.40. The minimum Gasteiger partial charge on any atom is -0.475 e. The topological polar surface area (TPSA) is 102 Å². The van der Waals surface area contributed by atoms with E-state index < -0.39 is 0 Å². The average Bonchev–Trinajstić information content (AvgIpc) is 2.99. The maximum absolute atomic E-state index is 9.08. The van der Waals surface area contributed by atoms with Gasteiger partial charge < -0.3 is 20.5 Å². The monoisotopic (exact) mass is 304 g/mol. The molecule has 0 saturated heterocycles. The summed E-state index contributed by atoms with van der Waals surface area (Å²) in [4.78, 5) is 10.5. The number of fused-ring (bicyclic) bond motifs is 1. The molecular weight excluding hydrogens is 284 g/mol. The second kappa shape index (κ2) is 5.80. The number of ether oxygens (including phenoxy) is 1. The fourth-order valence-corrected chi connectivity index (χ4v) is 2.55. The first-order valence-electron chi connectivity index (χ1n) is 7.27. The maximum atomic E-state index is 9.08. The van der Waals surface area contributed by atoms with Crippen molar-refractivity contribution >= 4 is 11.8 Å². The standard InChI is InChI=1S/C14H20N6O2/c1-9(2)22-13-5-12(17-14(15)18-13)19-7-10-6-16-20(3-4-21)11(10)8-19/h5-6,9,21H,3-4,7-8H2,1-2H3,(H2,15,17,18). The zero-order chi connectivity index (χ0) is 15.7. The molecule has 0 bridgehead atoms. The van der Waals surface area contributed by atoms with Gasteiger partial charge in [0.05, 0.1) is 37.7 Å². The zero-order valence-corrected chi connectivity index (χ0v) is 12.7. The quantitative estimate of drug-likeness (QED) is 0.831. The molecular formula is C14H20N6O2. The molecule has 1 aliphatic rings. The molecule has 8 nitrogen and oxygen atoms in total. The fourth-order valence-electron chi connectivity index (χ4n) is 2.55. The molecule has 8 heteroatoms. The smallest absolute Gasteiger partial charge is 0.225 e. The Labute approximate surface area is 128 Å². The van der Waals surface area contributed by atoms with Gasteiger partial charge in [0.2, 0.25) is 11.8 Å². The first-order chi connectivity index (χ1) is 10.6. The summed E-state index contributed by atoms with van der Waals surface area (Å²) in [5.41, 5.74) is 8.01. The Hall–Kier alpha value is -2.35. The molecule has 118 valence electrons. The number of anilines is 2. The Balaban J connectivity index is 1.82. The highest BCUT2D eigenvalue weighted by atomic mass is 16.5. The van der Waals surface area contributed by atoms with Crippen LogP contribution in [0.25, 0.3) is 0 Å². The van der Waals surface area contributed by atoms with E-state index in [0.717, 1.165) is 17.1 Å². The summed E-state index contributed by atoms with van der Waals surface area (Å²) in [6.45, 7) is 5.82. The zero-order valence-electron chi connectivity index (χ0n) is 12.7. The lowest BCUT2D eigenvalue weighted by Gasteiger charge is -2.18. The van der Waals surface area contributed by atoms with Crippen molar-refractivity contribution in [3.05, 3.63) is 23.5 Å². The van der Waals surface area contributed by atoms with Gasteiger partial charge in [-0.1, -0.05) is 0 Å². The third kappa shape index (κ3) is 2.82. The van der Waals surface area contributed by atoms with Gasteiger partial charge in [-0.3, -0.25) is 4.68 Å². The van der Waals surface area contributed by atoms with E-state index in [-0.39, 0.29) is 18.7 Å². The van der Waals surface area contributed by atoms with Crippen LogP contribution in [0.2, 0.25) is 0 Å². The molecule has 2 aromatic rings. The minimum absolute atomic E-state index is 0.0241.